The number of aldehydes is 1. The van der Waals surface area contributed by atoms with Gasteiger partial charge in [0.1, 0.15) is 17.8 Å². The van der Waals surface area contributed by atoms with Crippen molar-refractivity contribution in [3.8, 4) is 23.0 Å². The van der Waals surface area contributed by atoms with Crippen LogP contribution in [0.1, 0.15) is 126 Å². The molecule has 3 fully saturated rings. The first-order chi connectivity index (χ1) is 41.6. The Kier molecular flexibility index (Phi) is 24.8. The fraction of sp³-hybridized carbons (Fsp3) is 0.532. The van der Waals surface area contributed by atoms with Crippen LogP contribution >= 0.6 is 0 Å². The summed E-state index contributed by atoms with van der Waals surface area (Å²) in [7, 11) is 6.68. The molecule has 7 rings (SSSR count). The normalized spacial score (nSPS) is 18.9. The lowest BCUT2D eigenvalue weighted by Gasteiger charge is -2.36. The molecule has 4 aromatic rings. The van der Waals surface area contributed by atoms with Crippen LogP contribution in [0, 0.1) is 35.3 Å². The maximum Gasteiger partial charge on any atom is 0.420 e. The first kappa shape index (κ1) is 70.2. The van der Waals surface area contributed by atoms with E-state index in [1.165, 1.54) is 44.3 Å². The van der Waals surface area contributed by atoms with Gasteiger partial charge in [-0.05, 0) is 112 Å². The van der Waals surface area contributed by atoms with E-state index in [1.807, 2.05) is 0 Å². The second-order valence-electron chi connectivity index (χ2n) is 22.4. The van der Waals surface area contributed by atoms with Crippen LogP contribution in [0.3, 0.4) is 0 Å². The Bertz CT molecular complexity index is 3040. The zero-order valence-electron chi connectivity index (χ0n) is 49.8. The van der Waals surface area contributed by atoms with E-state index in [4.69, 9.17) is 33.2 Å². The van der Waals surface area contributed by atoms with Crippen molar-refractivity contribution in [2.45, 2.75) is 115 Å². The number of carboxylic acids is 1. The van der Waals surface area contributed by atoms with Gasteiger partial charge in [0.2, 0.25) is 11.8 Å². The van der Waals surface area contributed by atoms with Gasteiger partial charge in [-0.2, -0.15) is 26.3 Å². The number of rotatable bonds is 23. The highest BCUT2D eigenvalue weighted by Gasteiger charge is 2.41. The summed E-state index contributed by atoms with van der Waals surface area (Å²) in [6.45, 7) is 3.53. The van der Waals surface area contributed by atoms with Crippen LogP contribution in [0.2, 0.25) is 0 Å². The Labute approximate surface area is 503 Å². The smallest absolute Gasteiger partial charge is 0.420 e. The molecule has 0 bridgehead atoms. The van der Waals surface area contributed by atoms with Gasteiger partial charge >= 0.3 is 24.3 Å². The first-order valence-corrected chi connectivity index (χ1v) is 28.5. The topological polar surface area (TPSA) is 180 Å². The van der Waals surface area contributed by atoms with Crippen LogP contribution < -0.4 is 19.3 Å². The molecule has 1 saturated heterocycles. The van der Waals surface area contributed by atoms with Crippen LogP contribution in [-0.4, -0.2) is 133 Å². The van der Waals surface area contributed by atoms with E-state index in [-0.39, 0.29) is 86.1 Å². The van der Waals surface area contributed by atoms with Crippen LogP contribution in [0.4, 0.5) is 55.3 Å². The molecule has 2 amide bonds. The summed E-state index contributed by atoms with van der Waals surface area (Å²) in [6, 6.07) is 7.13. The third-order valence-electron chi connectivity index (χ3n) is 15.7. The van der Waals surface area contributed by atoms with Crippen LogP contribution in [0.15, 0.2) is 60.7 Å². The molecule has 16 nitrogen and oxygen atoms in total. The minimum Gasteiger partial charge on any atom is -0.478 e. The largest absolute Gasteiger partial charge is 0.478 e. The zero-order chi connectivity index (χ0) is 64.8. The van der Waals surface area contributed by atoms with Crippen molar-refractivity contribution in [1.29, 1.82) is 0 Å². The number of carboxylic acid groups (broad SMARTS) is 1. The van der Waals surface area contributed by atoms with Crippen molar-refractivity contribution in [2.24, 2.45) is 23.7 Å². The van der Waals surface area contributed by atoms with Crippen molar-refractivity contribution in [3.05, 3.63) is 106 Å². The van der Waals surface area contributed by atoms with Gasteiger partial charge in [0, 0.05) is 83.1 Å². The van der Waals surface area contributed by atoms with E-state index in [0.717, 1.165) is 86.2 Å². The predicted molar refractivity (Wildman–Crippen MR) is 301 cm³/mol. The molecule has 88 heavy (non-hydrogen) atoms. The molecule has 0 aromatic heterocycles. The van der Waals surface area contributed by atoms with Gasteiger partial charge < -0.3 is 48.1 Å². The number of aromatic carboxylic acids is 1. The summed E-state index contributed by atoms with van der Waals surface area (Å²) in [5.74, 6) is -11.8. The van der Waals surface area contributed by atoms with Crippen molar-refractivity contribution in [3.63, 3.8) is 0 Å². The average Bonchev–Trinajstić information content (AvgIpc) is 3.32. The molecule has 484 valence electrons. The monoisotopic (exact) mass is 1260 g/mol. The number of carbonyl (C=O) groups excluding carboxylic acids is 4. The Morgan fingerprint density at radius 2 is 1.06 bits per heavy atom. The summed E-state index contributed by atoms with van der Waals surface area (Å²) in [4.78, 5) is 68.1. The van der Waals surface area contributed by atoms with Gasteiger partial charge in [0.15, 0.2) is 23.1 Å². The number of nitrogens with zero attached hydrogens (tertiary/aromatic N) is 3. The van der Waals surface area contributed by atoms with Crippen molar-refractivity contribution in [2.75, 3.05) is 84.9 Å². The van der Waals surface area contributed by atoms with Gasteiger partial charge in [-0.1, -0.05) is 19.9 Å². The molecule has 2 aliphatic carbocycles. The Morgan fingerprint density at radius 1 is 0.625 bits per heavy atom. The van der Waals surface area contributed by atoms with Crippen molar-refractivity contribution in [1.82, 2.24) is 4.90 Å². The van der Waals surface area contributed by atoms with Gasteiger partial charge in [-0.25, -0.2) is 27.2 Å². The van der Waals surface area contributed by atoms with Gasteiger partial charge in [0.05, 0.1) is 85.8 Å². The van der Waals surface area contributed by atoms with Gasteiger partial charge in [-0.15, -0.1) is 0 Å². The second-order valence-corrected chi connectivity index (χ2v) is 22.4. The lowest BCUT2D eigenvalue weighted by molar-refractivity contribution is -0.139. The van der Waals surface area contributed by atoms with Gasteiger partial charge in [0.25, 0.3) is 5.92 Å². The maximum atomic E-state index is 15.7. The Hall–Kier alpha value is -6.87. The minimum atomic E-state index is -4.97. The lowest BCUT2D eigenvalue weighted by Crippen LogP contribution is -2.49. The van der Waals surface area contributed by atoms with E-state index in [9.17, 15) is 64.2 Å². The molecular formula is C62H73F10N3O13. The molecule has 0 atom stereocenters. The highest BCUT2D eigenvalue weighted by molar-refractivity contribution is 6.05. The number of likely N-dealkylation sites (tertiary alicyclic amines) is 1. The summed E-state index contributed by atoms with van der Waals surface area (Å²) < 4.78 is 179. The number of carbonyl (C=O) groups is 5. The molecule has 26 heteroatoms. The first-order valence-electron chi connectivity index (χ1n) is 28.5. The number of benzene rings is 4. The summed E-state index contributed by atoms with van der Waals surface area (Å²) >= 11 is 0. The molecule has 0 radical (unpaired) electrons. The quantitative estimate of drug-likeness (QED) is 0.0421. The summed E-state index contributed by atoms with van der Waals surface area (Å²) in [5, 5.41) is 10.2. The fourth-order valence-corrected chi connectivity index (χ4v) is 11.2. The van der Waals surface area contributed by atoms with Crippen molar-refractivity contribution >= 4 is 41.4 Å². The fourth-order valence-electron chi connectivity index (χ4n) is 11.2. The molecular weight excluding hydrogens is 1180 g/mol. The average molecular weight is 1260 g/mol. The van der Waals surface area contributed by atoms with E-state index < -0.39 is 118 Å². The molecule has 0 unspecified atom stereocenters. The SMILES string of the molecule is COCC(COC)N(C(=O)C1CCC(C)CC1)c1cc(F)c(Oc2ccc(C=O)cc2C(F)(F)F)cc1C(=O)OC.COCC(COC)N(C(=O)C1CCC(C)CC1)c1cc(F)c(Oc2ccc(CN3CCCC(F)(F)C3)cc2C(F)(F)F)cc1C(=O)O. The number of hydrogen-bond donors (Lipinski definition) is 1. The van der Waals surface area contributed by atoms with E-state index in [2.05, 4.69) is 13.8 Å². The minimum absolute atomic E-state index is 0.0127. The van der Waals surface area contributed by atoms with Crippen LogP contribution in [0.5, 0.6) is 23.0 Å². The highest BCUT2D eigenvalue weighted by Crippen LogP contribution is 2.44. The third kappa shape index (κ3) is 18.2. The Balaban J connectivity index is 0.000000284. The van der Waals surface area contributed by atoms with Crippen molar-refractivity contribution < 1.29 is 106 Å². The number of ether oxygens (including phenoxy) is 7. The van der Waals surface area contributed by atoms with E-state index >= 15 is 8.78 Å². The standard InChI is InChI=1S/C33H40F6N2O6.C29H33F4NO7/c1-20-5-8-22(9-6-20)30(42)41(23(17-45-2)18-46-3)27-15-26(34)29(14-24(27)31(43)44)47-28-10-7-21(13-25(28)33(37,38)39)16-40-12-4-11-32(35,36)19-40;1-17-5-8-19(9-6-17)27(36)34(20(15-38-2)16-39-3)24-13-23(30)26(12-21(24)28(37)40-4)41-25-10-7-18(14-35)11-22(25)29(31,32)33/h7,10,13-15,20,22-23H,4-6,8-9,11-12,16-19H2,1-3H3,(H,43,44);7,10-14,17,19-20H,5-6,8-9,15-16H2,1-4H3. The number of methoxy groups -OCH3 is 5. The number of amides is 2. The second kappa shape index (κ2) is 31.0. The summed E-state index contributed by atoms with van der Waals surface area (Å²) in [6.07, 6.45) is -4.28. The number of halogens is 10. The van der Waals surface area contributed by atoms with E-state index in [0.29, 0.717) is 50.1 Å². The predicted octanol–water partition coefficient (Wildman–Crippen LogP) is 13.4. The van der Waals surface area contributed by atoms with Gasteiger partial charge in [-0.3, -0.25) is 19.3 Å². The van der Waals surface area contributed by atoms with E-state index in [1.54, 1.807) is 0 Å². The molecule has 0 spiro atoms. The third-order valence-corrected chi connectivity index (χ3v) is 15.7. The molecule has 1 N–H and O–H groups in total. The molecule has 3 aliphatic rings. The molecule has 4 aromatic carbocycles. The zero-order valence-corrected chi connectivity index (χ0v) is 49.8. The number of piperidine rings is 1. The number of hydrogen-bond acceptors (Lipinski definition) is 13. The highest BCUT2D eigenvalue weighted by atomic mass is 19.4. The number of alkyl halides is 8. The molecule has 2 saturated carbocycles. The number of anilines is 2. The molecule has 1 heterocycles. The van der Waals surface area contributed by atoms with Crippen LogP contribution in [0.25, 0.3) is 0 Å². The molecule has 1 aliphatic heterocycles. The Morgan fingerprint density at radius 3 is 1.47 bits per heavy atom. The summed E-state index contributed by atoms with van der Waals surface area (Å²) in [5.41, 5.74) is -4.12. The maximum absolute atomic E-state index is 15.7. The lowest BCUT2D eigenvalue weighted by atomic mass is 9.82. The number of esters is 1. The van der Waals surface area contributed by atoms with Crippen LogP contribution in [-0.2, 0) is 52.2 Å².